The number of carbonyl (C=O) groups excluding carboxylic acids is 1. The normalized spacial score (nSPS) is 57.6. The highest BCUT2D eigenvalue weighted by Crippen LogP contribution is 2.42. The van der Waals surface area contributed by atoms with Crippen molar-refractivity contribution in [3.8, 4) is 0 Å². The fourth-order valence-corrected chi connectivity index (χ4v) is 1.32. The molecule has 0 unspecified atom stereocenters. The molecule has 0 aromatic rings. The maximum Gasteiger partial charge on any atom is 0.341 e. The van der Waals surface area contributed by atoms with Crippen molar-refractivity contribution in [2.45, 2.75) is 50.0 Å². The smallest absolute Gasteiger partial charge is 0.341 e. The molecule has 16 heavy (non-hydrogen) atoms. The van der Waals surface area contributed by atoms with E-state index in [1.165, 1.54) is 0 Å². The van der Waals surface area contributed by atoms with Crippen LogP contribution in [0.1, 0.15) is 33.1 Å². The molecule has 4 N–H and O–H groups in total. The number of esters is 1. The second kappa shape index (κ2) is 3.16. The van der Waals surface area contributed by atoms with Crippen molar-refractivity contribution >= 4 is 5.97 Å². The van der Waals surface area contributed by atoms with Crippen LogP contribution in [-0.4, -0.2) is 55.4 Å². The monoisotopic (exact) mass is 238 g/mol. The highest BCUT2D eigenvalue weighted by atomic mass is 16.6. The average molecular weight is 238 g/mol. The lowest BCUT2D eigenvalue weighted by molar-refractivity contribution is -0.263. The summed E-state index contributed by atoms with van der Waals surface area (Å²) in [5, 5.41) is 41.4. The summed E-state index contributed by atoms with van der Waals surface area (Å²) in [6, 6.07) is 0. The molecule has 1 heterocycles. The Morgan fingerprint density at radius 3 is 2.19 bits per heavy atom. The summed E-state index contributed by atoms with van der Waals surface area (Å²) >= 11 is 0. The topological polar surface area (TPSA) is 107 Å². The first-order chi connectivity index (χ1) is 9.12. The van der Waals surface area contributed by atoms with Crippen molar-refractivity contribution in [1.29, 1.82) is 0 Å². The minimum Gasteiger partial charge on any atom is -0.460 e. The summed E-state index contributed by atoms with van der Waals surface area (Å²) in [6.07, 6.45) is 0. The molecule has 6 heteroatoms. The molecule has 1 saturated heterocycles. The van der Waals surface area contributed by atoms with Crippen molar-refractivity contribution in [2.24, 2.45) is 0 Å². The SMILES string of the molecule is [2H]C[C@@]1(O)COC(=O)[C@@](O)(C[2H])[C@](O)(C[2H])[C@@]1(O)C[2H]. The highest BCUT2D eigenvalue weighted by molar-refractivity contribution is 5.81. The number of hydrogen-bond acceptors (Lipinski definition) is 6. The van der Waals surface area contributed by atoms with Crippen molar-refractivity contribution in [1.82, 2.24) is 0 Å². The maximum absolute atomic E-state index is 11.8. The summed E-state index contributed by atoms with van der Waals surface area (Å²) in [6.45, 7) is -5.29. The van der Waals surface area contributed by atoms with Gasteiger partial charge in [-0.15, -0.1) is 0 Å². The molecule has 1 fully saturated rings. The Balaban J connectivity index is 3.63. The van der Waals surface area contributed by atoms with Crippen LogP contribution in [0.25, 0.3) is 0 Å². The zero-order valence-electron chi connectivity index (χ0n) is 12.6. The van der Waals surface area contributed by atoms with Crippen molar-refractivity contribution in [2.75, 3.05) is 6.61 Å². The predicted octanol–water partition coefficient (Wildman–Crippen LogP) is -1.45. The van der Waals surface area contributed by atoms with Crippen LogP contribution in [0.5, 0.6) is 0 Å². The summed E-state index contributed by atoms with van der Waals surface area (Å²) < 4.78 is 33.7. The van der Waals surface area contributed by atoms with Crippen LogP contribution in [0.3, 0.4) is 0 Å². The molecule has 0 amide bonds. The zero-order chi connectivity index (χ0) is 15.8. The first-order valence-electron chi connectivity index (χ1n) is 7.19. The van der Waals surface area contributed by atoms with Gasteiger partial charge in [0.2, 0.25) is 0 Å². The van der Waals surface area contributed by atoms with Crippen molar-refractivity contribution in [3.63, 3.8) is 0 Å². The lowest BCUT2D eigenvalue weighted by Crippen LogP contribution is -2.72. The molecule has 0 saturated carbocycles. The van der Waals surface area contributed by atoms with Gasteiger partial charge in [-0.05, 0) is 27.6 Å². The van der Waals surface area contributed by atoms with Gasteiger partial charge >= 0.3 is 5.97 Å². The van der Waals surface area contributed by atoms with Gasteiger partial charge in [-0.25, -0.2) is 4.79 Å². The third kappa shape index (κ3) is 1.37. The third-order valence-corrected chi connectivity index (χ3v) is 2.92. The lowest BCUT2D eigenvalue weighted by atomic mass is 9.67. The second-order valence-electron chi connectivity index (χ2n) is 4.19. The maximum atomic E-state index is 11.8. The van der Waals surface area contributed by atoms with Gasteiger partial charge in [0.15, 0.2) is 5.60 Å². The summed E-state index contributed by atoms with van der Waals surface area (Å²) in [5.41, 5.74) is -11.4. The molecule has 1 aliphatic heterocycles. The molecular formula is C10H18O6. The Kier molecular flexibility index (Phi) is 1.66. The molecule has 6 nitrogen and oxygen atoms in total. The van der Waals surface area contributed by atoms with E-state index in [-0.39, 0.29) is 0 Å². The van der Waals surface area contributed by atoms with Gasteiger partial charge in [-0.3, -0.25) is 0 Å². The van der Waals surface area contributed by atoms with Crippen molar-refractivity contribution < 1.29 is 35.4 Å². The molecule has 0 aromatic heterocycles. The van der Waals surface area contributed by atoms with E-state index in [2.05, 4.69) is 4.74 Å². The first kappa shape index (κ1) is 8.41. The lowest BCUT2D eigenvalue weighted by Gasteiger charge is -2.48. The van der Waals surface area contributed by atoms with Crippen molar-refractivity contribution in [3.05, 3.63) is 0 Å². The van der Waals surface area contributed by atoms with E-state index < -0.39 is 62.6 Å². The van der Waals surface area contributed by atoms with E-state index in [1.807, 2.05) is 0 Å². The Morgan fingerprint density at radius 1 is 1.12 bits per heavy atom. The van der Waals surface area contributed by atoms with Crippen LogP contribution in [0, 0.1) is 0 Å². The van der Waals surface area contributed by atoms with E-state index in [0.717, 1.165) is 0 Å². The standard InChI is InChI=1S/C10H18O6/c1-7(12)5-16-6(11)8(2,13)10(4,15)9(7,3)14/h12-15H,5H2,1-4H3/t7-,8+,9-,10-/m1/s1/i1D,2D,3D,4D. The quantitative estimate of drug-likeness (QED) is 0.384. The van der Waals surface area contributed by atoms with Gasteiger partial charge in [0, 0.05) is 5.48 Å². The molecule has 0 spiro atoms. The predicted molar refractivity (Wildman–Crippen MR) is 53.5 cm³/mol. The summed E-state index contributed by atoms with van der Waals surface area (Å²) in [7, 11) is 0. The van der Waals surface area contributed by atoms with E-state index in [4.69, 9.17) is 5.48 Å². The Morgan fingerprint density at radius 2 is 1.75 bits per heavy atom. The Labute approximate surface area is 99.1 Å². The molecule has 4 atom stereocenters. The van der Waals surface area contributed by atoms with Crippen LogP contribution in [-0.2, 0) is 9.53 Å². The number of carbonyl (C=O) groups is 1. The van der Waals surface area contributed by atoms with Crippen LogP contribution >= 0.6 is 0 Å². The van der Waals surface area contributed by atoms with Crippen LogP contribution in [0.4, 0.5) is 0 Å². The van der Waals surface area contributed by atoms with Crippen LogP contribution in [0.2, 0.25) is 0 Å². The number of cyclic esters (lactones) is 1. The average Bonchev–Trinajstić information content (AvgIpc) is 2.52. The molecular weight excluding hydrogens is 216 g/mol. The van der Waals surface area contributed by atoms with Gasteiger partial charge < -0.3 is 25.2 Å². The van der Waals surface area contributed by atoms with E-state index >= 15 is 0 Å². The molecule has 1 aliphatic rings. The van der Waals surface area contributed by atoms with Crippen LogP contribution < -0.4 is 0 Å². The van der Waals surface area contributed by atoms with E-state index in [1.54, 1.807) is 0 Å². The van der Waals surface area contributed by atoms with E-state index in [9.17, 15) is 25.2 Å². The first-order valence-corrected chi connectivity index (χ1v) is 4.36. The van der Waals surface area contributed by atoms with Crippen LogP contribution in [0.15, 0.2) is 0 Å². The molecule has 0 aromatic carbocycles. The third-order valence-electron chi connectivity index (χ3n) is 2.92. The van der Waals surface area contributed by atoms with Gasteiger partial charge in [-0.1, -0.05) is 0 Å². The van der Waals surface area contributed by atoms with E-state index in [0.29, 0.717) is 0 Å². The summed E-state index contributed by atoms with van der Waals surface area (Å²) in [5.74, 6) is -1.49. The molecule has 1 rings (SSSR count). The molecule has 0 bridgehead atoms. The number of ether oxygens (including phenoxy) is 1. The van der Waals surface area contributed by atoms with Gasteiger partial charge in [0.1, 0.15) is 23.4 Å². The van der Waals surface area contributed by atoms with Gasteiger partial charge in [0.25, 0.3) is 0 Å². The zero-order valence-corrected chi connectivity index (χ0v) is 8.64. The second-order valence-corrected chi connectivity index (χ2v) is 4.19. The fraction of sp³-hybridized carbons (Fsp3) is 0.900. The molecule has 0 aliphatic carbocycles. The fourth-order valence-electron chi connectivity index (χ4n) is 1.32. The Hall–Kier alpha value is -0.690. The number of aliphatic hydroxyl groups is 4. The molecule has 0 radical (unpaired) electrons. The highest BCUT2D eigenvalue weighted by Gasteiger charge is 2.67. The van der Waals surface area contributed by atoms with Gasteiger partial charge in [-0.2, -0.15) is 0 Å². The van der Waals surface area contributed by atoms with Gasteiger partial charge in [0.05, 0.1) is 0 Å². The Bertz CT molecular complexity index is 398. The minimum atomic E-state index is -3.02. The minimum absolute atomic E-state index is 0.935. The molecule has 94 valence electrons. The number of hydrogen-bond donors (Lipinski definition) is 4. The number of rotatable bonds is 0. The summed E-state index contributed by atoms with van der Waals surface area (Å²) in [4.78, 5) is 11.8. The largest absolute Gasteiger partial charge is 0.460 e.